The van der Waals surface area contributed by atoms with Gasteiger partial charge in [-0.15, -0.1) is 0 Å². The van der Waals surface area contributed by atoms with Crippen LogP contribution in [0.1, 0.15) is 5.56 Å². The number of hydrogen-bond acceptors (Lipinski definition) is 4. The van der Waals surface area contributed by atoms with Gasteiger partial charge >= 0.3 is 0 Å². The number of para-hydroxylation sites is 1. The van der Waals surface area contributed by atoms with Gasteiger partial charge in [0.25, 0.3) is 0 Å². The lowest BCUT2D eigenvalue weighted by molar-refractivity contribution is 0.454. The van der Waals surface area contributed by atoms with Crippen molar-refractivity contribution < 1.29 is 13.2 Å². The van der Waals surface area contributed by atoms with Crippen LogP contribution in [0.5, 0.6) is 11.5 Å². The van der Waals surface area contributed by atoms with Crippen LogP contribution in [0.2, 0.25) is 0 Å². The lowest BCUT2D eigenvalue weighted by Crippen LogP contribution is -2.15. The molecule has 0 bridgehead atoms. The molecular weight excluding hydrogens is 354 g/mol. The van der Waals surface area contributed by atoms with E-state index in [1.165, 1.54) is 0 Å². The van der Waals surface area contributed by atoms with Crippen molar-refractivity contribution in [1.29, 1.82) is 0 Å². The second kappa shape index (κ2) is 6.46. The summed E-state index contributed by atoms with van der Waals surface area (Å²) in [7, 11) is -3.47. The van der Waals surface area contributed by atoms with Gasteiger partial charge in [0, 0.05) is 5.69 Å². The highest BCUT2D eigenvalue weighted by Crippen LogP contribution is 2.47. The first-order valence-corrected chi connectivity index (χ1v) is 10.2. The van der Waals surface area contributed by atoms with Gasteiger partial charge in [0.1, 0.15) is 11.5 Å². The zero-order chi connectivity index (χ0) is 17.3. The van der Waals surface area contributed by atoms with Crippen LogP contribution in [-0.2, 0) is 15.8 Å². The first-order chi connectivity index (χ1) is 12.1. The standard InChI is InChI=1S/C19H15NO3S2/c21-25(22,13-14-6-2-1-3-7-14)20-15-10-11-17-19(12-15)24-18-9-5-4-8-16(18)23-17/h1-12,20H,13H2. The van der Waals surface area contributed by atoms with Crippen molar-refractivity contribution in [2.45, 2.75) is 15.5 Å². The predicted octanol–water partition coefficient (Wildman–Crippen LogP) is 4.89. The Morgan fingerprint density at radius 2 is 1.56 bits per heavy atom. The molecule has 1 N–H and O–H groups in total. The van der Waals surface area contributed by atoms with Crippen LogP contribution < -0.4 is 9.46 Å². The molecule has 4 rings (SSSR count). The molecule has 4 nitrogen and oxygen atoms in total. The SMILES string of the molecule is O=S(=O)(Cc1ccccc1)Nc1ccc2c(c1)Sc1ccccc1O2. The zero-order valence-electron chi connectivity index (χ0n) is 13.2. The smallest absolute Gasteiger partial charge is 0.236 e. The van der Waals surface area contributed by atoms with Gasteiger partial charge < -0.3 is 4.74 Å². The maximum absolute atomic E-state index is 12.4. The summed E-state index contributed by atoms with van der Waals surface area (Å²) in [5.74, 6) is 1.49. The highest BCUT2D eigenvalue weighted by molar-refractivity contribution is 7.99. The van der Waals surface area contributed by atoms with Gasteiger partial charge in [-0.05, 0) is 35.9 Å². The van der Waals surface area contributed by atoms with Gasteiger partial charge in [-0.2, -0.15) is 0 Å². The molecule has 0 aromatic heterocycles. The van der Waals surface area contributed by atoms with Crippen molar-refractivity contribution in [2.75, 3.05) is 4.72 Å². The number of rotatable bonds is 4. The maximum atomic E-state index is 12.4. The van der Waals surface area contributed by atoms with E-state index in [4.69, 9.17) is 4.74 Å². The average Bonchev–Trinajstić information content (AvgIpc) is 2.60. The summed E-state index contributed by atoms with van der Waals surface area (Å²) in [6.07, 6.45) is 0. The van der Waals surface area contributed by atoms with Crippen molar-refractivity contribution in [2.24, 2.45) is 0 Å². The third kappa shape index (κ3) is 3.65. The summed E-state index contributed by atoms with van der Waals surface area (Å²) in [5.41, 5.74) is 1.28. The van der Waals surface area contributed by atoms with Crippen LogP contribution in [0, 0.1) is 0 Å². The molecule has 25 heavy (non-hydrogen) atoms. The van der Waals surface area contributed by atoms with E-state index in [2.05, 4.69) is 4.72 Å². The highest BCUT2D eigenvalue weighted by Gasteiger charge is 2.19. The van der Waals surface area contributed by atoms with E-state index in [9.17, 15) is 8.42 Å². The minimum atomic E-state index is -3.47. The molecule has 0 saturated heterocycles. The number of fused-ring (bicyclic) bond motifs is 2. The van der Waals surface area contributed by atoms with Gasteiger partial charge in [0.2, 0.25) is 10.0 Å². The topological polar surface area (TPSA) is 55.4 Å². The van der Waals surface area contributed by atoms with Crippen molar-refractivity contribution >= 4 is 27.5 Å². The Kier molecular flexibility index (Phi) is 4.15. The first-order valence-electron chi connectivity index (χ1n) is 7.72. The fourth-order valence-electron chi connectivity index (χ4n) is 2.60. The van der Waals surface area contributed by atoms with Crippen LogP contribution in [0.15, 0.2) is 82.6 Å². The maximum Gasteiger partial charge on any atom is 0.236 e. The molecule has 6 heteroatoms. The molecule has 0 amide bonds. The minimum Gasteiger partial charge on any atom is -0.455 e. The van der Waals surface area contributed by atoms with Crippen LogP contribution >= 0.6 is 11.8 Å². The Bertz CT molecular complexity index is 1020. The molecule has 0 saturated carbocycles. The Morgan fingerprint density at radius 3 is 2.40 bits per heavy atom. The summed E-state index contributed by atoms with van der Waals surface area (Å²) in [6, 6.07) is 22.2. The molecule has 0 atom stereocenters. The second-order valence-corrected chi connectivity index (χ2v) is 8.47. The van der Waals surface area contributed by atoms with Crippen LogP contribution in [0.25, 0.3) is 0 Å². The van der Waals surface area contributed by atoms with E-state index in [-0.39, 0.29) is 5.75 Å². The molecule has 1 aliphatic heterocycles. The molecule has 1 heterocycles. The van der Waals surface area contributed by atoms with Crippen molar-refractivity contribution in [3.8, 4) is 11.5 Å². The third-order valence-electron chi connectivity index (χ3n) is 3.71. The number of hydrogen-bond donors (Lipinski definition) is 1. The number of ether oxygens (including phenoxy) is 1. The van der Waals surface area contributed by atoms with Gasteiger partial charge in [0.15, 0.2) is 0 Å². The average molecular weight is 369 g/mol. The van der Waals surface area contributed by atoms with Gasteiger partial charge in [-0.1, -0.05) is 54.2 Å². The Morgan fingerprint density at radius 1 is 0.840 bits per heavy atom. The second-order valence-electron chi connectivity index (χ2n) is 5.66. The van der Waals surface area contributed by atoms with Gasteiger partial charge in [-0.3, -0.25) is 4.72 Å². The van der Waals surface area contributed by atoms with E-state index in [1.807, 2.05) is 42.5 Å². The number of benzene rings is 3. The summed E-state index contributed by atoms with van der Waals surface area (Å²) >= 11 is 1.57. The summed E-state index contributed by atoms with van der Waals surface area (Å²) in [4.78, 5) is 1.90. The van der Waals surface area contributed by atoms with Crippen LogP contribution in [-0.4, -0.2) is 8.42 Å². The van der Waals surface area contributed by atoms with Gasteiger partial charge in [0.05, 0.1) is 15.5 Å². The van der Waals surface area contributed by atoms with Crippen molar-refractivity contribution in [3.63, 3.8) is 0 Å². The minimum absolute atomic E-state index is 0.0581. The third-order valence-corrected chi connectivity index (χ3v) is 6.06. The molecule has 0 aliphatic carbocycles. The largest absolute Gasteiger partial charge is 0.455 e. The van der Waals surface area contributed by atoms with Crippen LogP contribution in [0.4, 0.5) is 5.69 Å². The summed E-state index contributed by atoms with van der Waals surface area (Å²) < 4.78 is 33.3. The van der Waals surface area contributed by atoms with Crippen LogP contribution in [0.3, 0.4) is 0 Å². The lowest BCUT2D eigenvalue weighted by atomic mass is 10.2. The Balaban J connectivity index is 1.55. The summed E-state index contributed by atoms with van der Waals surface area (Å²) in [6.45, 7) is 0. The molecular formula is C19H15NO3S2. The van der Waals surface area contributed by atoms with Gasteiger partial charge in [-0.25, -0.2) is 8.42 Å². The molecule has 126 valence electrons. The summed E-state index contributed by atoms with van der Waals surface area (Å²) in [5, 5.41) is 0. The number of sulfonamides is 1. The quantitative estimate of drug-likeness (QED) is 0.557. The zero-order valence-corrected chi connectivity index (χ0v) is 14.8. The van der Waals surface area contributed by atoms with E-state index >= 15 is 0 Å². The Labute approximate surface area is 150 Å². The predicted molar refractivity (Wildman–Crippen MR) is 99.8 cm³/mol. The van der Waals surface area contributed by atoms with E-state index in [0.29, 0.717) is 5.69 Å². The molecule has 3 aromatic rings. The molecule has 0 fully saturated rings. The van der Waals surface area contributed by atoms with E-state index in [0.717, 1.165) is 26.9 Å². The molecule has 1 aliphatic rings. The van der Waals surface area contributed by atoms with Crippen molar-refractivity contribution in [1.82, 2.24) is 0 Å². The first kappa shape index (κ1) is 16.1. The lowest BCUT2D eigenvalue weighted by Gasteiger charge is -2.20. The number of nitrogens with one attached hydrogen (secondary N) is 1. The van der Waals surface area contributed by atoms with E-state index < -0.39 is 10.0 Å². The monoisotopic (exact) mass is 369 g/mol. The van der Waals surface area contributed by atoms with E-state index in [1.54, 1.807) is 42.1 Å². The normalized spacial score (nSPS) is 12.6. The molecule has 0 spiro atoms. The number of anilines is 1. The fraction of sp³-hybridized carbons (Fsp3) is 0.0526. The highest BCUT2D eigenvalue weighted by atomic mass is 32.2. The Hall–Kier alpha value is -2.44. The fourth-order valence-corrected chi connectivity index (χ4v) is 4.78. The molecule has 0 radical (unpaired) electrons. The molecule has 0 unspecified atom stereocenters. The van der Waals surface area contributed by atoms with Crippen molar-refractivity contribution in [3.05, 3.63) is 78.4 Å². The molecule has 3 aromatic carbocycles.